The Bertz CT molecular complexity index is 852. The minimum Gasteiger partial charge on any atom is -0.495 e. The number of halogens is 1. The van der Waals surface area contributed by atoms with E-state index in [0.29, 0.717) is 5.75 Å². The molecule has 0 unspecified atom stereocenters. The van der Waals surface area contributed by atoms with Gasteiger partial charge in [-0.25, -0.2) is 18.1 Å². The number of benzene rings is 1. The van der Waals surface area contributed by atoms with Crippen LogP contribution in [0.2, 0.25) is 5.02 Å². The van der Waals surface area contributed by atoms with Gasteiger partial charge in [-0.15, -0.1) is 0 Å². The molecule has 2 heterocycles. The molecule has 0 atom stereocenters. The van der Waals surface area contributed by atoms with E-state index in [-0.39, 0.29) is 16.5 Å². The predicted molar refractivity (Wildman–Crippen MR) is 97.7 cm³/mol. The smallest absolute Gasteiger partial charge is 0.240 e. The van der Waals surface area contributed by atoms with Gasteiger partial charge in [0.25, 0.3) is 0 Å². The van der Waals surface area contributed by atoms with Gasteiger partial charge in [0.15, 0.2) is 0 Å². The molecule has 25 heavy (non-hydrogen) atoms. The second-order valence-corrected chi connectivity index (χ2v) is 8.01. The van der Waals surface area contributed by atoms with E-state index >= 15 is 0 Å². The first-order valence-electron chi connectivity index (χ1n) is 8.03. The van der Waals surface area contributed by atoms with Gasteiger partial charge in [-0.05, 0) is 48.7 Å². The lowest BCUT2D eigenvalue weighted by Crippen LogP contribution is -2.24. The first kappa shape index (κ1) is 18.0. The topological polar surface area (TPSA) is 71.5 Å². The first-order valence-corrected chi connectivity index (χ1v) is 9.89. The van der Waals surface area contributed by atoms with E-state index in [1.54, 1.807) is 6.20 Å². The van der Waals surface area contributed by atoms with Crippen molar-refractivity contribution in [1.29, 1.82) is 0 Å². The average Bonchev–Trinajstić information content (AvgIpc) is 3.15. The van der Waals surface area contributed by atoms with Crippen molar-refractivity contribution in [3.05, 3.63) is 47.1 Å². The summed E-state index contributed by atoms with van der Waals surface area (Å²) in [4.78, 5) is 6.69. The molecule has 1 aliphatic rings. The normalized spacial score (nSPS) is 14.7. The third-order valence-corrected chi connectivity index (χ3v) is 5.83. The molecule has 0 saturated carbocycles. The number of hydrogen-bond acceptors (Lipinski definition) is 5. The van der Waals surface area contributed by atoms with E-state index in [1.165, 1.54) is 25.3 Å². The lowest BCUT2D eigenvalue weighted by atomic mass is 10.2. The summed E-state index contributed by atoms with van der Waals surface area (Å²) in [5.41, 5.74) is 0.861. The molecule has 1 aromatic heterocycles. The van der Waals surface area contributed by atoms with Gasteiger partial charge >= 0.3 is 0 Å². The van der Waals surface area contributed by atoms with Crippen LogP contribution >= 0.6 is 11.6 Å². The van der Waals surface area contributed by atoms with E-state index in [2.05, 4.69) is 14.6 Å². The number of aromatic nitrogens is 1. The number of rotatable bonds is 6. The first-order chi connectivity index (χ1) is 12.0. The minimum absolute atomic E-state index is 0.104. The summed E-state index contributed by atoms with van der Waals surface area (Å²) >= 11 is 6.02. The van der Waals surface area contributed by atoms with Gasteiger partial charge in [0.1, 0.15) is 11.6 Å². The predicted octanol–water partition coefficient (Wildman–Crippen LogP) is 2.82. The van der Waals surface area contributed by atoms with E-state index in [4.69, 9.17) is 16.3 Å². The molecule has 0 radical (unpaired) electrons. The van der Waals surface area contributed by atoms with E-state index in [1.807, 2.05) is 12.1 Å². The number of anilines is 1. The Morgan fingerprint density at radius 2 is 2.00 bits per heavy atom. The van der Waals surface area contributed by atoms with Gasteiger partial charge in [0, 0.05) is 25.8 Å². The number of ether oxygens (including phenoxy) is 1. The summed E-state index contributed by atoms with van der Waals surface area (Å²) in [6.45, 7) is 2.17. The van der Waals surface area contributed by atoms with Crippen LogP contribution in [0.5, 0.6) is 5.75 Å². The molecule has 1 fully saturated rings. The Kier molecular flexibility index (Phi) is 5.46. The molecule has 0 aliphatic carbocycles. The molecule has 1 aromatic carbocycles. The summed E-state index contributed by atoms with van der Waals surface area (Å²) in [6, 6.07) is 8.12. The number of hydrogen-bond donors (Lipinski definition) is 1. The molecule has 134 valence electrons. The Labute approximate surface area is 152 Å². The third kappa shape index (κ3) is 4.23. The quantitative estimate of drug-likeness (QED) is 0.833. The van der Waals surface area contributed by atoms with Crippen molar-refractivity contribution in [2.75, 3.05) is 25.1 Å². The zero-order chi connectivity index (χ0) is 17.9. The summed E-state index contributed by atoms with van der Waals surface area (Å²) in [7, 11) is -2.18. The Morgan fingerprint density at radius 1 is 1.24 bits per heavy atom. The number of sulfonamides is 1. The van der Waals surface area contributed by atoms with E-state index in [0.717, 1.165) is 37.3 Å². The van der Waals surface area contributed by atoms with Gasteiger partial charge in [-0.2, -0.15) is 0 Å². The second-order valence-electron chi connectivity index (χ2n) is 5.84. The lowest BCUT2D eigenvalue weighted by molar-refractivity contribution is 0.414. The van der Waals surface area contributed by atoms with Crippen LogP contribution in [0.25, 0.3) is 0 Å². The SMILES string of the molecule is COc1ccc(S(=O)(=O)NCc2ccnc(N3CCCC3)c2)cc1Cl. The summed E-state index contributed by atoms with van der Waals surface area (Å²) < 4.78 is 32.6. The summed E-state index contributed by atoms with van der Waals surface area (Å²) in [6.07, 6.45) is 4.04. The summed E-state index contributed by atoms with van der Waals surface area (Å²) in [5.74, 6) is 1.33. The molecule has 0 bridgehead atoms. The van der Waals surface area contributed by atoms with Crippen molar-refractivity contribution in [3.8, 4) is 5.75 Å². The molecule has 1 saturated heterocycles. The van der Waals surface area contributed by atoms with Crippen LogP contribution in [-0.2, 0) is 16.6 Å². The lowest BCUT2D eigenvalue weighted by Gasteiger charge is -2.17. The van der Waals surface area contributed by atoms with E-state index in [9.17, 15) is 8.42 Å². The molecular formula is C17H20ClN3O3S. The molecule has 1 aliphatic heterocycles. The molecule has 8 heteroatoms. The number of pyridine rings is 1. The van der Waals surface area contributed by atoms with E-state index < -0.39 is 10.0 Å². The molecular weight excluding hydrogens is 362 g/mol. The fraction of sp³-hybridized carbons (Fsp3) is 0.353. The highest BCUT2D eigenvalue weighted by Gasteiger charge is 2.17. The van der Waals surface area contributed by atoms with Crippen molar-refractivity contribution in [3.63, 3.8) is 0 Å². The molecule has 1 N–H and O–H groups in total. The van der Waals surface area contributed by atoms with Crippen molar-refractivity contribution in [2.24, 2.45) is 0 Å². The van der Waals surface area contributed by atoms with Gasteiger partial charge in [-0.1, -0.05) is 11.6 Å². The van der Waals surface area contributed by atoms with Gasteiger partial charge < -0.3 is 9.64 Å². The van der Waals surface area contributed by atoms with Crippen LogP contribution in [0.1, 0.15) is 18.4 Å². The molecule has 6 nitrogen and oxygen atoms in total. The average molecular weight is 382 g/mol. The maximum atomic E-state index is 12.5. The van der Waals surface area contributed by atoms with Crippen LogP contribution in [-0.4, -0.2) is 33.6 Å². The third-order valence-electron chi connectivity index (χ3n) is 4.14. The largest absolute Gasteiger partial charge is 0.495 e. The molecule has 3 rings (SSSR count). The fourth-order valence-corrected chi connectivity index (χ4v) is 4.13. The highest BCUT2D eigenvalue weighted by molar-refractivity contribution is 7.89. The van der Waals surface area contributed by atoms with Crippen molar-refractivity contribution < 1.29 is 13.2 Å². The number of nitrogens with zero attached hydrogens (tertiary/aromatic N) is 2. The van der Waals surface area contributed by atoms with Crippen molar-refractivity contribution >= 4 is 27.4 Å². The zero-order valence-corrected chi connectivity index (χ0v) is 15.5. The zero-order valence-electron chi connectivity index (χ0n) is 13.9. The Hall–Kier alpha value is -1.83. The standard InChI is InChI=1S/C17H20ClN3O3S/c1-24-16-5-4-14(11-15(16)18)25(22,23)20-12-13-6-7-19-17(10-13)21-8-2-3-9-21/h4-7,10-11,20H,2-3,8-9,12H2,1H3. The maximum Gasteiger partial charge on any atom is 0.240 e. The highest BCUT2D eigenvalue weighted by Crippen LogP contribution is 2.27. The minimum atomic E-state index is -3.66. The van der Waals surface area contributed by atoms with Crippen molar-refractivity contribution in [2.45, 2.75) is 24.3 Å². The van der Waals surface area contributed by atoms with Gasteiger partial charge in [0.2, 0.25) is 10.0 Å². The van der Waals surface area contributed by atoms with Crippen LogP contribution in [0.4, 0.5) is 5.82 Å². The maximum absolute atomic E-state index is 12.5. The number of methoxy groups -OCH3 is 1. The van der Waals surface area contributed by atoms with Gasteiger partial charge in [0.05, 0.1) is 17.0 Å². The molecule has 2 aromatic rings. The highest BCUT2D eigenvalue weighted by atomic mass is 35.5. The fourth-order valence-electron chi connectivity index (χ4n) is 2.77. The van der Waals surface area contributed by atoms with Crippen LogP contribution in [0, 0.1) is 0 Å². The van der Waals surface area contributed by atoms with Crippen LogP contribution < -0.4 is 14.4 Å². The Morgan fingerprint density at radius 3 is 2.68 bits per heavy atom. The van der Waals surface area contributed by atoms with Crippen molar-refractivity contribution in [1.82, 2.24) is 9.71 Å². The Balaban J connectivity index is 1.72. The van der Waals surface area contributed by atoms with Crippen LogP contribution in [0.15, 0.2) is 41.4 Å². The monoisotopic (exact) mass is 381 g/mol. The van der Waals surface area contributed by atoms with Crippen LogP contribution in [0.3, 0.4) is 0 Å². The molecule has 0 amide bonds. The molecule has 0 spiro atoms. The second kappa shape index (κ2) is 7.59. The van der Waals surface area contributed by atoms with Gasteiger partial charge in [-0.3, -0.25) is 0 Å². The summed E-state index contributed by atoms with van der Waals surface area (Å²) in [5, 5.41) is 0.255. The number of nitrogens with one attached hydrogen (secondary N) is 1.